The lowest BCUT2D eigenvalue weighted by Crippen LogP contribution is -2.58. The number of carbonyl (C=O) groups excluding carboxylic acids is 1. The maximum atomic E-state index is 15.3. The van der Waals surface area contributed by atoms with Crippen molar-refractivity contribution in [3.63, 3.8) is 0 Å². The number of rotatable bonds is 6. The van der Waals surface area contributed by atoms with E-state index in [4.69, 9.17) is 4.98 Å². The van der Waals surface area contributed by atoms with Crippen molar-refractivity contribution in [2.75, 3.05) is 63.0 Å². The van der Waals surface area contributed by atoms with Gasteiger partial charge >= 0.3 is 5.69 Å². The van der Waals surface area contributed by atoms with Crippen LogP contribution in [0.15, 0.2) is 46.6 Å². The fourth-order valence-corrected chi connectivity index (χ4v) is 8.62. The molecule has 0 bridgehead atoms. The quantitative estimate of drug-likeness (QED) is 0.374. The fraction of sp³-hybridized carbons (Fsp3) is 0.485. The van der Waals surface area contributed by atoms with E-state index in [1.807, 2.05) is 36.3 Å². The van der Waals surface area contributed by atoms with Crippen LogP contribution < -0.4 is 10.6 Å². The molecule has 3 aliphatic heterocycles. The number of likely N-dealkylation sites (N-methyl/N-ethyl adjacent to an activating group) is 1. The number of halogens is 2. The molecule has 2 fully saturated rings. The van der Waals surface area contributed by atoms with Crippen LogP contribution in [0.5, 0.6) is 0 Å². The number of hydrogen-bond donors (Lipinski definition) is 0. The first kappa shape index (κ1) is 30.7. The van der Waals surface area contributed by atoms with Crippen molar-refractivity contribution >= 4 is 34.4 Å². The van der Waals surface area contributed by atoms with Crippen molar-refractivity contribution in [2.45, 2.75) is 50.7 Å². The zero-order valence-corrected chi connectivity index (χ0v) is 26.7. The molecule has 11 heteroatoms. The molecule has 1 amide bonds. The highest BCUT2D eigenvalue weighted by atomic mass is 32.2. The lowest BCUT2D eigenvalue weighted by molar-refractivity contribution is -0.130. The van der Waals surface area contributed by atoms with Gasteiger partial charge in [0.1, 0.15) is 17.5 Å². The molecule has 2 saturated heterocycles. The third-order valence-corrected chi connectivity index (χ3v) is 10.6. The highest BCUT2D eigenvalue weighted by Crippen LogP contribution is 2.46. The zero-order valence-electron chi connectivity index (χ0n) is 25.9. The molecule has 3 atom stereocenters. The van der Waals surface area contributed by atoms with Gasteiger partial charge in [0.05, 0.1) is 11.6 Å². The molecule has 0 aliphatic carbocycles. The first-order valence-electron chi connectivity index (χ1n) is 15.4. The molecule has 0 spiro atoms. The van der Waals surface area contributed by atoms with Gasteiger partial charge in [-0.15, -0.1) is 11.8 Å². The summed E-state index contributed by atoms with van der Waals surface area (Å²) in [6.45, 7) is 18.4. The molecule has 3 aliphatic rings. The number of carbonyl (C=O) groups is 1. The van der Waals surface area contributed by atoms with E-state index in [9.17, 15) is 14.0 Å². The Balaban J connectivity index is 1.50. The van der Waals surface area contributed by atoms with Gasteiger partial charge in [-0.05, 0) is 57.2 Å². The fourth-order valence-electron chi connectivity index (χ4n) is 7.24. The van der Waals surface area contributed by atoms with Crippen molar-refractivity contribution in [1.29, 1.82) is 0 Å². The van der Waals surface area contributed by atoms with Crippen molar-refractivity contribution in [1.82, 2.24) is 24.3 Å². The first-order valence-corrected chi connectivity index (χ1v) is 16.4. The molecule has 1 aromatic heterocycles. The van der Waals surface area contributed by atoms with Gasteiger partial charge in [-0.3, -0.25) is 14.3 Å². The molecule has 4 heterocycles. The Labute approximate surface area is 261 Å². The van der Waals surface area contributed by atoms with Gasteiger partial charge in [-0.25, -0.2) is 13.6 Å². The van der Waals surface area contributed by atoms with E-state index in [1.165, 1.54) is 18.2 Å². The molecule has 2 aromatic carbocycles. The highest BCUT2D eigenvalue weighted by molar-refractivity contribution is 7.99. The molecule has 6 rings (SSSR count). The second-order valence-corrected chi connectivity index (χ2v) is 13.3. The lowest BCUT2D eigenvalue weighted by atomic mass is 9.96. The van der Waals surface area contributed by atoms with Crippen molar-refractivity contribution in [3.05, 3.63) is 64.6 Å². The molecule has 44 heavy (non-hydrogen) atoms. The Morgan fingerprint density at radius 3 is 2.41 bits per heavy atom. The van der Waals surface area contributed by atoms with E-state index in [-0.39, 0.29) is 29.7 Å². The summed E-state index contributed by atoms with van der Waals surface area (Å²) < 4.78 is 31.0. The molecule has 0 radical (unpaired) electrons. The first-order chi connectivity index (χ1) is 21.1. The predicted octanol–water partition coefficient (Wildman–Crippen LogP) is 4.55. The van der Waals surface area contributed by atoms with E-state index < -0.39 is 11.6 Å². The van der Waals surface area contributed by atoms with Crippen LogP contribution in [-0.2, 0) is 4.79 Å². The summed E-state index contributed by atoms with van der Waals surface area (Å²) in [6, 6.07) is 5.33. The normalized spacial score (nSPS) is 22.9. The van der Waals surface area contributed by atoms with Crippen LogP contribution in [0.4, 0.5) is 14.6 Å². The Hall–Kier alpha value is -3.28. The van der Waals surface area contributed by atoms with Gasteiger partial charge in [-0.2, -0.15) is 4.98 Å². The van der Waals surface area contributed by atoms with E-state index >= 15 is 4.39 Å². The minimum atomic E-state index is -0.631. The molecular weight excluding hydrogens is 582 g/mol. The summed E-state index contributed by atoms with van der Waals surface area (Å²) >= 11 is 1.64. The number of aryl methyl sites for hydroxylation is 1. The molecule has 0 N–H and O–H groups in total. The Kier molecular flexibility index (Phi) is 8.56. The molecule has 0 saturated carbocycles. The largest absolute Gasteiger partial charge is 0.352 e. The minimum absolute atomic E-state index is 0.106. The van der Waals surface area contributed by atoms with Gasteiger partial charge in [0.15, 0.2) is 0 Å². The maximum Gasteiger partial charge on any atom is 0.350 e. The van der Waals surface area contributed by atoms with E-state index in [2.05, 4.69) is 28.2 Å². The number of anilines is 1. The summed E-state index contributed by atoms with van der Waals surface area (Å²) in [7, 11) is 0. The smallest absolute Gasteiger partial charge is 0.350 e. The lowest BCUT2D eigenvalue weighted by Gasteiger charge is -2.45. The summed E-state index contributed by atoms with van der Waals surface area (Å²) in [5, 5.41) is 0.833. The van der Waals surface area contributed by atoms with Crippen LogP contribution in [0.3, 0.4) is 0 Å². The number of aromatic nitrogens is 2. The van der Waals surface area contributed by atoms with Gasteiger partial charge in [0.2, 0.25) is 5.91 Å². The van der Waals surface area contributed by atoms with E-state index in [0.717, 1.165) is 66.7 Å². The van der Waals surface area contributed by atoms with E-state index in [1.54, 1.807) is 11.8 Å². The summed E-state index contributed by atoms with van der Waals surface area (Å²) in [6.07, 6.45) is 1.34. The topological polar surface area (TPSA) is 64.9 Å². The second-order valence-electron chi connectivity index (χ2n) is 12.3. The maximum absolute atomic E-state index is 15.3. The molecule has 8 nitrogen and oxygen atoms in total. The average Bonchev–Trinajstić information content (AvgIpc) is 2.99. The Bertz CT molecular complexity index is 1660. The third kappa shape index (κ3) is 5.43. The summed E-state index contributed by atoms with van der Waals surface area (Å²) in [5.41, 5.74) is 2.25. The summed E-state index contributed by atoms with van der Waals surface area (Å²) in [5.74, 6) is -0.148. The standard InChI is InChI=1S/C33H40F2N6O2S/c1-6-28(42)40-21(4)16-39(17-22(40)5)32-26-14-20(3)29(25-9-8-23(34)15-27(25)35)31-30(26)41(33(43)36-32)24(19-44-31)18-38-12-10-37(7-2)11-13-38/h6,8-9,14-15,21-22,24H,1,7,10-13,16-19H2,2-5H3/t21-,22+,24-/m0/s1. The summed E-state index contributed by atoms with van der Waals surface area (Å²) in [4.78, 5) is 41.0. The van der Waals surface area contributed by atoms with Gasteiger partial charge < -0.3 is 14.7 Å². The van der Waals surface area contributed by atoms with Crippen LogP contribution in [0.25, 0.3) is 22.0 Å². The number of nitrogens with zero attached hydrogens (tertiary/aromatic N) is 6. The average molecular weight is 623 g/mol. The number of benzene rings is 2. The van der Waals surface area contributed by atoms with Crippen LogP contribution in [0, 0.1) is 18.6 Å². The number of piperazine rings is 2. The van der Waals surface area contributed by atoms with Gasteiger partial charge in [-0.1, -0.05) is 13.5 Å². The van der Waals surface area contributed by atoms with Crippen molar-refractivity contribution in [3.8, 4) is 11.1 Å². The second kappa shape index (κ2) is 12.3. The van der Waals surface area contributed by atoms with Crippen molar-refractivity contribution < 1.29 is 13.6 Å². The Morgan fingerprint density at radius 1 is 1.09 bits per heavy atom. The minimum Gasteiger partial charge on any atom is -0.352 e. The zero-order chi connectivity index (χ0) is 31.3. The van der Waals surface area contributed by atoms with E-state index in [0.29, 0.717) is 35.8 Å². The van der Waals surface area contributed by atoms with Crippen LogP contribution in [-0.4, -0.2) is 100 Å². The molecular formula is C33H40F2N6O2S. The molecule has 234 valence electrons. The Morgan fingerprint density at radius 2 is 1.77 bits per heavy atom. The number of amides is 1. The van der Waals surface area contributed by atoms with Crippen LogP contribution in [0.1, 0.15) is 32.4 Å². The number of thioether (sulfide) groups is 1. The van der Waals surface area contributed by atoms with Crippen molar-refractivity contribution in [2.24, 2.45) is 0 Å². The monoisotopic (exact) mass is 622 g/mol. The van der Waals surface area contributed by atoms with Crippen LogP contribution >= 0.6 is 11.8 Å². The highest BCUT2D eigenvalue weighted by Gasteiger charge is 2.36. The van der Waals surface area contributed by atoms with Crippen LogP contribution in [0.2, 0.25) is 0 Å². The predicted molar refractivity (Wildman–Crippen MR) is 173 cm³/mol. The number of hydrogen-bond acceptors (Lipinski definition) is 7. The van der Waals surface area contributed by atoms with Gasteiger partial charge in [0.25, 0.3) is 0 Å². The third-order valence-electron chi connectivity index (χ3n) is 9.36. The molecule has 3 aromatic rings. The van der Waals surface area contributed by atoms with Gasteiger partial charge in [0, 0.05) is 91.1 Å². The SMILES string of the molecule is C=CC(=O)N1[C@H](C)CN(c2nc(=O)n3c4c(c(-c5ccc(F)cc5F)c(C)cc24)SC[C@@H]3CN2CCN(CC)CC2)C[C@@H]1C. The molecule has 0 unspecified atom stereocenters.